The van der Waals surface area contributed by atoms with Gasteiger partial charge in [-0.05, 0) is 42.5 Å². The van der Waals surface area contributed by atoms with E-state index >= 15 is 0 Å². The Morgan fingerprint density at radius 2 is 1.45 bits per heavy atom. The van der Waals surface area contributed by atoms with Gasteiger partial charge in [0.25, 0.3) is 0 Å². The Balaban J connectivity index is 0.000000536. The highest BCUT2D eigenvalue weighted by molar-refractivity contribution is 5.18. The Morgan fingerprint density at radius 3 is 2.03 bits per heavy atom. The minimum atomic E-state index is 0.503. The van der Waals surface area contributed by atoms with E-state index in [9.17, 15) is 0 Å². The fourth-order valence-electron chi connectivity index (χ4n) is 2.84. The lowest BCUT2D eigenvalue weighted by Gasteiger charge is -2.06. The molecule has 0 saturated heterocycles. The summed E-state index contributed by atoms with van der Waals surface area (Å²) < 4.78 is 5.66. The Labute approximate surface area is 174 Å². The molecule has 0 amide bonds. The largest absolute Gasteiger partial charge is 0.472 e. The van der Waals surface area contributed by atoms with Gasteiger partial charge in [-0.25, -0.2) is 0 Å². The molecule has 152 valence electrons. The van der Waals surface area contributed by atoms with Gasteiger partial charge in [0.2, 0.25) is 5.88 Å². The summed E-state index contributed by atoms with van der Waals surface area (Å²) in [6.45, 7) is 2.68. The number of pyridine rings is 1. The van der Waals surface area contributed by atoms with Gasteiger partial charge in [-0.1, -0.05) is 75.4 Å². The van der Waals surface area contributed by atoms with Crippen molar-refractivity contribution in [2.75, 3.05) is 0 Å². The summed E-state index contributed by atoms with van der Waals surface area (Å²) in [6.07, 6.45) is 11.9. The van der Waals surface area contributed by atoms with Gasteiger partial charge in [0, 0.05) is 18.0 Å². The molecule has 2 heterocycles. The Hall–Kier alpha value is -2.75. The smallest absolute Gasteiger partial charge is 0.233 e. The maximum Gasteiger partial charge on any atom is 0.233 e. The molecule has 29 heavy (non-hydrogen) atoms. The summed E-state index contributed by atoms with van der Waals surface area (Å²) in [5.74, 6) is 0.551. The third-order valence-electron chi connectivity index (χ3n) is 4.99. The molecule has 0 atom stereocenters. The predicted molar refractivity (Wildman–Crippen MR) is 117 cm³/mol. The van der Waals surface area contributed by atoms with Crippen molar-refractivity contribution in [2.45, 2.75) is 64.9 Å². The highest BCUT2D eigenvalue weighted by Crippen LogP contribution is 2.15. The topological polar surface area (TPSA) is 47.9 Å². The first kappa shape index (κ1) is 21.0. The fraction of sp³-hybridized carbons (Fsp3) is 0.400. The molecule has 0 aliphatic heterocycles. The van der Waals surface area contributed by atoms with Gasteiger partial charge in [-0.15, -0.1) is 5.10 Å². The second-order valence-corrected chi connectivity index (χ2v) is 7.46. The number of aryl methyl sites for hydroxylation is 3. The van der Waals surface area contributed by atoms with E-state index in [1.165, 1.54) is 31.2 Å². The second kappa shape index (κ2) is 11.9. The first-order chi connectivity index (χ1) is 14.3. The number of ether oxygens (including phenoxy) is 1. The summed E-state index contributed by atoms with van der Waals surface area (Å²) >= 11 is 0. The maximum absolute atomic E-state index is 5.66. The van der Waals surface area contributed by atoms with Crippen LogP contribution in [0.25, 0.3) is 0 Å². The number of nitrogens with zero attached hydrogens (tertiary/aromatic N) is 3. The SMILES string of the molecule is C1CCC1.CCCc1ccc(CCc2ccc(OCc3ccccc3)nn2)nc1. The molecule has 1 aliphatic carbocycles. The number of benzene rings is 1. The minimum Gasteiger partial charge on any atom is -0.472 e. The van der Waals surface area contributed by atoms with Crippen LogP contribution in [0.4, 0.5) is 0 Å². The van der Waals surface area contributed by atoms with Crippen LogP contribution in [0, 0.1) is 0 Å². The monoisotopic (exact) mass is 389 g/mol. The van der Waals surface area contributed by atoms with Crippen molar-refractivity contribution in [3.05, 3.63) is 83.3 Å². The average molecular weight is 390 g/mol. The fourth-order valence-corrected chi connectivity index (χ4v) is 2.84. The first-order valence-corrected chi connectivity index (χ1v) is 10.8. The lowest BCUT2D eigenvalue weighted by Crippen LogP contribution is -2.01. The normalized spacial score (nSPS) is 12.4. The van der Waals surface area contributed by atoms with Crippen molar-refractivity contribution in [2.24, 2.45) is 0 Å². The molecule has 0 bridgehead atoms. The van der Waals surface area contributed by atoms with E-state index in [2.05, 4.69) is 34.2 Å². The van der Waals surface area contributed by atoms with Crippen LogP contribution in [-0.4, -0.2) is 15.2 Å². The first-order valence-electron chi connectivity index (χ1n) is 10.8. The molecular formula is C25H31N3O. The van der Waals surface area contributed by atoms with Crippen LogP contribution >= 0.6 is 0 Å². The second-order valence-electron chi connectivity index (χ2n) is 7.46. The zero-order valence-electron chi connectivity index (χ0n) is 17.4. The number of hydrogen-bond donors (Lipinski definition) is 0. The summed E-state index contributed by atoms with van der Waals surface area (Å²) in [4.78, 5) is 4.52. The van der Waals surface area contributed by atoms with Gasteiger partial charge in [0.15, 0.2) is 0 Å². The number of hydrogen-bond acceptors (Lipinski definition) is 4. The van der Waals surface area contributed by atoms with Crippen LogP contribution in [0.1, 0.15) is 61.5 Å². The van der Waals surface area contributed by atoms with Crippen LogP contribution in [0.15, 0.2) is 60.8 Å². The van der Waals surface area contributed by atoms with Gasteiger partial charge in [0.1, 0.15) is 6.61 Å². The van der Waals surface area contributed by atoms with Gasteiger partial charge in [-0.2, -0.15) is 5.10 Å². The van der Waals surface area contributed by atoms with Crippen LogP contribution in [0.2, 0.25) is 0 Å². The molecule has 1 aromatic carbocycles. The molecule has 0 N–H and O–H groups in total. The lowest BCUT2D eigenvalue weighted by atomic mass is 10.0. The Kier molecular flexibility index (Phi) is 8.64. The van der Waals surface area contributed by atoms with Gasteiger partial charge in [0.05, 0.1) is 5.69 Å². The van der Waals surface area contributed by atoms with Crippen molar-refractivity contribution >= 4 is 0 Å². The molecule has 1 saturated carbocycles. The van der Waals surface area contributed by atoms with Crippen LogP contribution in [-0.2, 0) is 25.9 Å². The quantitative estimate of drug-likeness (QED) is 0.492. The zero-order valence-corrected chi connectivity index (χ0v) is 17.4. The minimum absolute atomic E-state index is 0.503. The zero-order chi connectivity index (χ0) is 20.2. The van der Waals surface area contributed by atoms with E-state index in [1.807, 2.05) is 48.7 Å². The summed E-state index contributed by atoms with van der Waals surface area (Å²) in [6, 6.07) is 18.2. The van der Waals surface area contributed by atoms with Crippen molar-refractivity contribution in [3.63, 3.8) is 0 Å². The molecule has 2 aromatic heterocycles. The number of aromatic nitrogens is 3. The Bertz CT molecular complexity index is 809. The van der Waals surface area contributed by atoms with E-state index in [1.54, 1.807) is 0 Å². The van der Waals surface area contributed by atoms with E-state index < -0.39 is 0 Å². The van der Waals surface area contributed by atoms with Crippen LogP contribution < -0.4 is 4.74 Å². The highest BCUT2D eigenvalue weighted by Gasteiger charge is 2.02. The predicted octanol–water partition coefficient (Wildman–Crippen LogP) is 5.75. The van der Waals surface area contributed by atoms with Crippen LogP contribution in [0.5, 0.6) is 5.88 Å². The molecule has 1 aliphatic rings. The van der Waals surface area contributed by atoms with Gasteiger partial charge >= 0.3 is 0 Å². The molecule has 1 fully saturated rings. The summed E-state index contributed by atoms with van der Waals surface area (Å²) in [7, 11) is 0. The maximum atomic E-state index is 5.66. The van der Waals surface area contributed by atoms with Crippen molar-refractivity contribution < 1.29 is 4.74 Å². The van der Waals surface area contributed by atoms with Crippen molar-refractivity contribution in [1.82, 2.24) is 15.2 Å². The van der Waals surface area contributed by atoms with Crippen molar-refractivity contribution in [1.29, 1.82) is 0 Å². The summed E-state index contributed by atoms with van der Waals surface area (Å²) in [5.41, 5.74) is 4.45. The standard InChI is InChI=1S/C21H23N3O.C4H8/c1-2-6-17-9-10-19(22-15-17)11-12-20-13-14-21(24-23-20)25-16-18-7-4-3-5-8-18;1-2-4-3-1/h3-5,7-10,13-15H,2,6,11-12,16H2,1H3;1-4H2. The van der Waals surface area contributed by atoms with Crippen LogP contribution in [0.3, 0.4) is 0 Å². The third-order valence-corrected chi connectivity index (χ3v) is 4.99. The van der Waals surface area contributed by atoms with E-state index in [0.717, 1.165) is 42.6 Å². The molecule has 0 radical (unpaired) electrons. The molecule has 4 nitrogen and oxygen atoms in total. The number of rotatable bonds is 8. The van der Waals surface area contributed by atoms with Gasteiger partial charge in [-0.3, -0.25) is 4.98 Å². The molecule has 0 spiro atoms. The third kappa shape index (κ3) is 7.65. The van der Waals surface area contributed by atoms with Crippen molar-refractivity contribution in [3.8, 4) is 5.88 Å². The van der Waals surface area contributed by atoms with E-state index in [0.29, 0.717) is 12.5 Å². The average Bonchev–Trinajstić information content (AvgIpc) is 2.72. The Morgan fingerprint density at radius 1 is 0.724 bits per heavy atom. The molecule has 4 heteroatoms. The highest BCUT2D eigenvalue weighted by atomic mass is 16.5. The summed E-state index contributed by atoms with van der Waals surface area (Å²) in [5, 5.41) is 8.40. The lowest BCUT2D eigenvalue weighted by molar-refractivity contribution is 0.290. The van der Waals surface area contributed by atoms with E-state index in [4.69, 9.17) is 4.74 Å². The van der Waals surface area contributed by atoms with E-state index in [-0.39, 0.29) is 0 Å². The molecule has 3 aromatic rings. The van der Waals surface area contributed by atoms with Gasteiger partial charge < -0.3 is 4.74 Å². The molecular weight excluding hydrogens is 358 g/mol. The molecule has 0 unspecified atom stereocenters. The molecule has 4 rings (SSSR count).